The molecule has 0 unspecified atom stereocenters. The number of nitrogens with zero attached hydrogens (tertiary/aromatic N) is 4. The third-order valence-electron chi connectivity index (χ3n) is 5.72. The first kappa shape index (κ1) is 23.6. The quantitative estimate of drug-likeness (QED) is 0.401. The first-order chi connectivity index (χ1) is 16.4. The maximum atomic E-state index is 13.8. The lowest BCUT2D eigenvalue weighted by Crippen LogP contribution is -2.30. The summed E-state index contributed by atoms with van der Waals surface area (Å²) in [5.41, 5.74) is 3.16. The molecule has 0 spiro atoms. The fourth-order valence-electron chi connectivity index (χ4n) is 3.94. The fourth-order valence-corrected chi connectivity index (χ4v) is 4.77. The molecule has 176 valence electrons. The second-order valence-corrected chi connectivity index (χ2v) is 8.88. The zero-order chi connectivity index (χ0) is 24.2. The van der Waals surface area contributed by atoms with E-state index >= 15 is 0 Å². The van der Waals surface area contributed by atoms with Crippen molar-refractivity contribution in [2.75, 3.05) is 26.1 Å². The number of thiophene rings is 1. The van der Waals surface area contributed by atoms with Crippen LogP contribution in [0.5, 0.6) is 0 Å². The number of pyridine rings is 1. The Morgan fingerprint density at radius 1 is 1.26 bits per heavy atom. The van der Waals surface area contributed by atoms with Crippen molar-refractivity contribution < 1.29 is 14.3 Å². The number of imidazole rings is 1. The van der Waals surface area contributed by atoms with Gasteiger partial charge in [0.15, 0.2) is 0 Å². The molecule has 2 amide bonds. The van der Waals surface area contributed by atoms with E-state index in [9.17, 15) is 9.59 Å². The Hall–Kier alpha value is -3.56. The summed E-state index contributed by atoms with van der Waals surface area (Å²) in [5.74, 6) is 0.262. The van der Waals surface area contributed by atoms with E-state index in [1.807, 2.05) is 48.1 Å². The van der Waals surface area contributed by atoms with Gasteiger partial charge < -0.3 is 19.5 Å². The number of benzene rings is 1. The lowest BCUT2D eigenvalue weighted by molar-refractivity contribution is -0.119. The van der Waals surface area contributed by atoms with Gasteiger partial charge in [0.2, 0.25) is 5.91 Å². The molecule has 4 rings (SSSR count). The van der Waals surface area contributed by atoms with Crippen LogP contribution in [0.4, 0.5) is 5.69 Å². The standard InChI is InChI=1S/C25H27N5O3S/c1-5-30-23-19(25(32)29(3)16(2)21-9-7-11-34-21)12-18(27-22(31)15-33-4)13-20(23)28-24(30)17-8-6-10-26-14-17/h6-14,16H,5,15H2,1-4H3,(H,27,31)/t16-/m0/s1. The molecule has 1 aromatic carbocycles. The Labute approximate surface area is 202 Å². The van der Waals surface area contributed by atoms with Crippen LogP contribution >= 0.6 is 11.3 Å². The number of aryl methyl sites for hydroxylation is 1. The third-order valence-corrected chi connectivity index (χ3v) is 6.77. The molecular weight excluding hydrogens is 450 g/mol. The summed E-state index contributed by atoms with van der Waals surface area (Å²) >= 11 is 1.61. The Balaban J connectivity index is 1.87. The van der Waals surface area contributed by atoms with Crippen molar-refractivity contribution in [2.24, 2.45) is 0 Å². The maximum absolute atomic E-state index is 13.8. The van der Waals surface area contributed by atoms with Crippen LogP contribution in [0.25, 0.3) is 22.4 Å². The molecule has 0 radical (unpaired) electrons. The molecule has 9 heteroatoms. The Morgan fingerprint density at radius 3 is 2.74 bits per heavy atom. The number of amides is 2. The van der Waals surface area contributed by atoms with Crippen molar-refractivity contribution in [2.45, 2.75) is 26.4 Å². The fraction of sp³-hybridized carbons (Fsp3) is 0.280. The molecule has 1 N–H and O–H groups in total. The number of aromatic nitrogens is 3. The summed E-state index contributed by atoms with van der Waals surface area (Å²) in [4.78, 5) is 37.9. The number of ether oxygens (including phenoxy) is 1. The van der Waals surface area contributed by atoms with Crippen LogP contribution in [-0.2, 0) is 16.1 Å². The third kappa shape index (κ3) is 4.57. The first-order valence-electron chi connectivity index (χ1n) is 11.0. The van der Waals surface area contributed by atoms with E-state index < -0.39 is 0 Å². The van der Waals surface area contributed by atoms with Crippen LogP contribution in [0.3, 0.4) is 0 Å². The number of hydrogen-bond donors (Lipinski definition) is 1. The molecule has 0 bridgehead atoms. The van der Waals surface area contributed by atoms with E-state index in [0.29, 0.717) is 29.1 Å². The normalized spacial score (nSPS) is 12.0. The van der Waals surface area contributed by atoms with Crippen molar-refractivity contribution in [1.82, 2.24) is 19.4 Å². The maximum Gasteiger partial charge on any atom is 0.256 e. The highest BCUT2D eigenvalue weighted by Gasteiger charge is 2.25. The van der Waals surface area contributed by atoms with Gasteiger partial charge >= 0.3 is 0 Å². The SMILES string of the molecule is CCn1c(-c2cccnc2)nc2cc(NC(=O)COC)cc(C(=O)N(C)[C@@H](C)c3cccs3)c21. The predicted octanol–water partition coefficient (Wildman–Crippen LogP) is 4.60. The van der Waals surface area contributed by atoms with Gasteiger partial charge in [0, 0.05) is 49.2 Å². The van der Waals surface area contributed by atoms with Gasteiger partial charge in [-0.2, -0.15) is 0 Å². The molecule has 0 saturated carbocycles. The minimum atomic E-state index is -0.303. The number of rotatable bonds is 8. The number of hydrogen-bond acceptors (Lipinski definition) is 6. The number of carbonyl (C=O) groups is 2. The van der Waals surface area contributed by atoms with Gasteiger partial charge in [-0.3, -0.25) is 14.6 Å². The summed E-state index contributed by atoms with van der Waals surface area (Å²) in [6.45, 7) is 4.55. The van der Waals surface area contributed by atoms with E-state index in [4.69, 9.17) is 9.72 Å². The number of methoxy groups -OCH3 is 1. The molecule has 0 aliphatic rings. The highest BCUT2D eigenvalue weighted by molar-refractivity contribution is 7.10. The van der Waals surface area contributed by atoms with E-state index in [-0.39, 0.29) is 24.5 Å². The van der Waals surface area contributed by atoms with Crippen molar-refractivity contribution in [1.29, 1.82) is 0 Å². The summed E-state index contributed by atoms with van der Waals surface area (Å²) in [5, 5.41) is 4.82. The lowest BCUT2D eigenvalue weighted by Gasteiger charge is -2.25. The van der Waals surface area contributed by atoms with Crippen LogP contribution in [0.1, 0.15) is 35.1 Å². The van der Waals surface area contributed by atoms with Gasteiger partial charge in [0.1, 0.15) is 12.4 Å². The summed E-state index contributed by atoms with van der Waals surface area (Å²) < 4.78 is 6.96. The first-order valence-corrected chi connectivity index (χ1v) is 11.9. The zero-order valence-corrected chi connectivity index (χ0v) is 20.4. The van der Waals surface area contributed by atoms with Gasteiger partial charge in [-0.05, 0) is 49.6 Å². The lowest BCUT2D eigenvalue weighted by atomic mass is 10.1. The molecular formula is C25H27N5O3S. The van der Waals surface area contributed by atoms with Crippen molar-refractivity contribution in [3.05, 3.63) is 64.6 Å². The van der Waals surface area contributed by atoms with Crippen LogP contribution in [-0.4, -0.2) is 52.0 Å². The number of fused-ring (bicyclic) bond motifs is 1. The van der Waals surface area contributed by atoms with Gasteiger partial charge in [0.25, 0.3) is 5.91 Å². The Bertz CT molecular complexity index is 1300. The average Bonchev–Trinajstić information content (AvgIpc) is 3.51. The second-order valence-electron chi connectivity index (χ2n) is 7.90. The van der Waals surface area contributed by atoms with Gasteiger partial charge in [-0.15, -0.1) is 11.3 Å². The van der Waals surface area contributed by atoms with Crippen molar-refractivity contribution in [3.63, 3.8) is 0 Å². The molecule has 0 aliphatic carbocycles. The number of carbonyl (C=O) groups excluding carboxylic acids is 2. The van der Waals surface area contributed by atoms with E-state index in [2.05, 4.69) is 10.3 Å². The minimum Gasteiger partial charge on any atom is -0.375 e. The van der Waals surface area contributed by atoms with Crippen LogP contribution < -0.4 is 5.32 Å². The smallest absolute Gasteiger partial charge is 0.256 e. The molecule has 1 atom stereocenters. The Morgan fingerprint density at radius 2 is 2.09 bits per heavy atom. The van der Waals surface area contributed by atoms with Crippen LogP contribution in [0.15, 0.2) is 54.2 Å². The van der Waals surface area contributed by atoms with Crippen molar-refractivity contribution in [3.8, 4) is 11.4 Å². The van der Waals surface area contributed by atoms with Crippen LogP contribution in [0.2, 0.25) is 0 Å². The highest BCUT2D eigenvalue weighted by Crippen LogP contribution is 2.32. The summed E-state index contributed by atoms with van der Waals surface area (Å²) in [7, 11) is 3.26. The van der Waals surface area contributed by atoms with Crippen molar-refractivity contribution >= 4 is 39.9 Å². The summed E-state index contributed by atoms with van der Waals surface area (Å²) in [6, 6.07) is 11.2. The molecule has 3 heterocycles. The molecule has 34 heavy (non-hydrogen) atoms. The molecule has 4 aromatic rings. The van der Waals surface area contributed by atoms with Gasteiger partial charge in [-0.1, -0.05) is 6.07 Å². The monoisotopic (exact) mass is 477 g/mol. The Kier molecular flexibility index (Phi) is 7.04. The predicted molar refractivity (Wildman–Crippen MR) is 134 cm³/mol. The molecule has 0 aliphatic heterocycles. The summed E-state index contributed by atoms with van der Waals surface area (Å²) in [6.07, 6.45) is 3.46. The highest BCUT2D eigenvalue weighted by atomic mass is 32.1. The molecule has 3 aromatic heterocycles. The largest absolute Gasteiger partial charge is 0.375 e. The topological polar surface area (TPSA) is 89.4 Å². The average molecular weight is 478 g/mol. The van der Waals surface area contributed by atoms with Crippen LogP contribution in [0, 0.1) is 0 Å². The zero-order valence-electron chi connectivity index (χ0n) is 19.6. The van der Waals surface area contributed by atoms with Gasteiger partial charge in [-0.25, -0.2) is 4.98 Å². The van der Waals surface area contributed by atoms with E-state index in [0.717, 1.165) is 16.0 Å². The number of nitrogens with one attached hydrogen (secondary N) is 1. The second kappa shape index (κ2) is 10.1. The molecule has 0 saturated heterocycles. The molecule has 8 nitrogen and oxygen atoms in total. The van der Waals surface area contributed by atoms with E-state index in [1.165, 1.54) is 7.11 Å². The molecule has 0 fully saturated rings. The van der Waals surface area contributed by atoms with Gasteiger partial charge in [0.05, 0.1) is 22.6 Å². The van der Waals surface area contributed by atoms with E-state index in [1.54, 1.807) is 47.8 Å². The minimum absolute atomic E-state index is 0.0824. The number of anilines is 1.